The summed E-state index contributed by atoms with van der Waals surface area (Å²) >= 11 is 0. The summed E-state index contributed by atoms with van der Waals surface area (Å²) in [6.45, 7) is 1.62. The lowest BCUT2D eigenvalue weighted by Gasteiger charge is -2.34. The maximum Gasteiger partial charge on any atom is 0.223 e. The predicted octanol–water partition coefficient (Wildman–Crippen LogP) is 1.01. The predicted molar refractivity (Wildman–Crippen MR) is 91.7 cm³/mol. The first-order valence-corrected chi connectivity index (χ1v) is 10.3. The number of aromatic hydroxyl groups is 1. The molecule has 0 saturated carbocycles. The number of piperidine rings is 1. The second-order valence-corrected chi connectivity index (χ2v) is 9.16. The lowest BCUT2D eigenvalue weighted by Crippen LogP contribution is -2.48. The quantitative estimate of drug-likeness (QED) is 0.829. The summed E-state index contributed by atoms with van der Waals surface area (Å²) in [4.78, 5) is 14.2. The Labute approximate surface area is 146 Å². The molecular formula is C17H23FN2O4S. The fraction of sp³-hybridized carbons (Fsp3) is 0.588. The first-order valence-electron chi connectivity index (χ1n) is 8.56. The number of nitrogens with one attached hydrogen (secondary N) is 1. The van der Waals surface area contributed by atoms with E-state index < -0.39 is 20.9 Å². The first kappa shape index (κ1) is 18.1. The smallest absolute Gasteiger partial charge is 0.223 e. The van der Waals surface area contributed by atoms with Crippen LogP contribution < -0.4 is 5.32 Å². The molecule has 1 amide bonds. The molecule has 0 aliphatic carbocycles. The van der Waals surface area contributed by atoms with E-state index in [1.165, 1.54) is 6.07 Å². The molecule has 0 bridgehead atoms. The summed E-state index contributed by atoms with van der Waals surface area (Å²) in [6, 6.07) is 4.52. The Hall–Kier alpha value is -1.67. The molecule has 0 spiro atoms. The number of sulfone groups is 1. The molecule has 0 radical (unpaired) electrons. The van der Waals surface area contributed by atoms with Gasteiger partial charge in [0.2, 0.25) is 5.91 Å². The van der Waals surface area contributed by atoms with Crippen molar-refractivity contribution in [1.29, 1.82) is 0 Å². The molecule has 3 rings (SSSR count). The number of phenolic OH excluding ortho intramolecular Hbond substituents is 1. The van der Waals surface area contributed by atoms with Gasteiger partial charge in [-0.3, -0.25) is 4.79 Å². The zero-order valence-electron chi connectivity index (χ0n) is 13.9. The molecule has 138 valence electrons. The molecular weight excluding hydrogens is 347 g/mol. The molecule has 8 heteroatoms. The van der Waals surface area contributed by atoms with Crippen molar-refractivity contribution in [2.75, 3.05) is 31.9 Å². The lowest BCUT2D eigenvalue weighted by atomic mass is 9.90. The number of nitrogens with zero attached hydrogens (tertiary/aromatic N) is 1. The Morgan fingerprint density at radius 3 is 2.96 bits per heavy atom. The van der Waals surface area contributed by atoms with Gasteiger partial charge in [-0.15, -0.1) is 0 Å². The second-order valence-electron chi connectivity index (χ2n) is 6.76. The molecule has 25 heavy (non-hydrogen) atoms. The number of hydrogen-bond donors (Lipinski definition) is 2. The minimum atomic E-state index is -3.24. The van der Waals surface area contributed by atoms with Crippen LogP contribution in [0.3, 0.4) is 0 Å². The van der Waals surface area contributed by atoms with E-state index in [4.69, 9.17) is 0 Å². The molecule has 2 fully saturated rings. The molecule has 2 aliphatic rings. The van der Waals surface area contributed by atoms with E-state index in [0.29, 0.717) is 31.7 Å². The Balaban J connectivity index is 1.68. The lowest BCUT2D eigenvalue weighted by molar-refractivity contribution is -0.132. The Bertz CT molecular complexity index is 753. The van der Waals surface area contributed by atoms with Crippen LogP contribution in [-0.2, 0) is 14.6 Å². The van der Waals surface area contributed by atoms with Crippen LogP contribution in [-0.4, -0.2) is 61.5 Å². The zero-order chi connectivity index (χ0) is 18.0. The van der Waals surface area contributed by atoms with Crippen LogP contribution in [0.25, 0.3) is 0 Å². The minimum Gasteiger partial charge on any atom is -0.505 e. The highest BCUT2D eigenvalue weighted by Gasteiger charge is 2.34. The highest BCUT2D eigenvalue weighted by molar-refractivity contribution is 7.92. The number of carbonyl (C=O) groups excluding carboxylic acids is 1. The number of amides is 1. The highest BCUT2D eigenvalue weighted by Crippen LogP contribution is 2.32. The normalized spacial score (nSPS) is 26.4. The number of hydrogen-bond acceptors (Lipinski definition) is 5. The van der Waals surface area contributed by atoms with E-state index >= 15 is 0 Å². The van der Waals surface area contributed by atoms with Gasteiger partial charge in [0.15, 0.2) is 21.4 Å². The van der Waals surface area contributed by atoms with Gasteiger partial charge in [0, 0.05) is 38.5 Å². The van der Waals surface area contributed by atoms with Crippen LogP contribution in [0.4, 0.5) is 4.39 Å². The van der Waals surface area contributed by atoms with E-state index in [2.05, 4.69) is 5.32 Å². The van der Waals surface area contributed by atoms with E-state index in [1.807, 2.05) is 0 Å². The number of benzene rings is 1. The van der Waals surface area contributed by atoms with Gasteiger partial charge in [0.05, 0.1) is 11.0 Å². The summed E-state index contributed by atoms with van der Waals surface area (Å²) in [7, 11) is -3.24. The fourth-order valence-electron chi connectivity index (χ4n) is 3.60. The summed E-state index contributed by atoms with van der Waals surface area (Å²) in [5.74, 6) is -1.36. The maximum atomic E-state index is 14.1. The third-order valence-electron chi connectivity index (χ3n) is 5.07. The summed E-state index contributed by atoms with van der Waals surface area (Å²) in [6.07, 6.45) is 1.42. The largest absolute Gasteiger partial charge is 0.505 e. The van der Waals surface area contributed by atoms with Gasteiger partial charge < -0.3 is 15.3 Å². The van der Waals surface area contributed by atoms with Crippen LogP contribution in [0.5, 0.6) is 5.75 Å². The molecule has 2 heterocycles. The van der Waals surface area contributed by atoms with Crippen molar-refractivity contribution >= 4 is 15.7 Å². The van der Waals surface area contributed by atoms with Gasteiger partial charge in [-0.1, -0.05) is 12.1 Å². The average Bonchev–Trinajstić information content (AvgIpc) is 2.59. The highest BCUT2D eigenvalue weighted by atomic mass is 32.2. The van der Waals surface area contributed by atoms with Gasteiger partial charge >= 0.3 is 0 Å². The van der Waals surface area contributed by atoms with Gasteiger partial charge in [-0.2, -0.15) is 0 Å². The van der Waals surface area contributed by atoms with Crippen molar-refractivity contribution in [3.05, 3.63) is 29.6 Å². The number of carbonyl (C=O) groups is 1. The monoisotopic (exact) mass is 370 g/mol. The van der Waals surface area contributed by atoms with Crippen LogP contribution >= 0.6 is 0 Å². The first-order chi connectivity index (χ1) is 11.9. The Morgan fingerprint density at radius 2 is 2.20 bits per heavy atom. The fourth-order valence-corrected chi connectivity index (χ4v) is 5.13. The molecule has 2 saturated heterocycles. The van der Waals surface area contributed by atoms with E-state index in [9.17, 15) is 22.7 Å². The van der Waals surface area contributed by atoms with Gasteiger partial charge in [0.1, 0.15) is 0 Å². The van der Waals surface area contributed by atoms with E-state index in [0.717, 1.165) is 12.8 Å². The second kappa shape index (κ2) is 7.29. The van der Waals surface area contributed by atoms with Crippen LogP contribution in [0, 0.1) is 5.82 Å². The summed E-state index contributed by atoms with van der Waals surface area (Å²) in [5, 5.41) is 11.9. The van der Waals surface area contributed by atoms with Gasteiger partial charge in [0.25, 0.3) is 0 Å². The zero-order valence-corrected chi connectivity index (χ0v) is 14.8. The van der Waals surface area contributed by atoms with E-state index in [1.54, 1.807) is 17.0 Å². The number of likely N-dealkylation sites (tertiary alicyclic amines) is 1. The maximum absolute atomic E-state index is 14.1. The summed E-state index contributed by atoms with van der Waals surface area (Å²) < 4.78 is 38.3. The third kappa shape index (κ3) is 3.95. The number of phenols is 1. The van der Waals surface area contributed by atoms with Crippen molar-refractivity contribution in [3.63, 3.8) is 0 Å². The molecule has 2 atom stereocenters. The third-order valence-corrected chi connectivity index (χ3v) is 7.19. The van der Waals surface area contributed by atoms with E-state index in [-0.39, 0.29) is 29.7 Å². The van der Waals surface area contributed by atoms with Crippen LogP contribution in [0.2, 0.25) is 0 Å². The average molecular weight is 370 g/mol. The van der Waals surface area contributed by atoms with Crippen LogP contribution in [0.1, 0.15) is 30.7 Å². The molecule has 6 nitrogen and oxygen atoms in total. The standard InChI is InChI=1S/C17H23FN2O4S/c18-17-14(4-1-5-15(17)21)12-3-2-7-20(11-12)16(22)9-13-10-19-6-8-25(13,23)24/h1,4-5,12-13,19,21H,2-3,6-11H2. The van der Waals surface area contributed by atoms with Crippen molar-refractivity contribution in [2.45, 2.75) is 30.4 Å². The Morgan fingerprint density at radius 1 is 1.40 bits per heavy atom. The van der Waals surface area contributed by atoms with Crippen LogP contribution in [0.15, 0.2) is 18.2 Å². The molecule has 2 aliphatic heterocycles. The molecule has 0 aromatic heterocycles. The Kier molecular flexibility index (Phi) is 5.29. The van der Waals surface area contributed by atoms with Crippen molar-refractivity contribution in [3.8, 4) is 5.75 Å². The SMILES string of the molecule is O=C(CC1CNCCS1(=O)=O)N1CCCC(c2cccc(O)c2F)C1. The summed E-state index contributed by atoms with van der Waals surface area (Å²) in [5.41, 5.74) is 0.407. The number of rotatable bonds is 3. The number of halogens is 1. The van der Waals surface area contributed by atoms with Gasteiger partial charge in [-0.25, -0.2) is 12.8 Å². The van der Waals surface area contributed by atoms with Gasteiger partial charge in [-0.05, 0) is 24.5 Å². The molecule has 1 aromatic carbocycles. The minimum absolute atomic E-state index is 0.0371. The molecule has 2 N–H and O–H groups in total. The molecule has 2 unspecified atom stereocenters. The van der Waals surface area contributed by atoms with Crippen molar-refractivity contribution in [2.24, 2.45) is 0 Å². The molecule has 1 aromatic rings. The van der Waals surface area contributed by atoms with Crippen molar-refractivity contribution in [1.82, 2.24) is 10.2 Å². The van der Waals surface area contributed by atoms with Crippen molar-refractivity contribution < 1.29 is 22.7 Å². The topological polar surface area (TPSA) is 86.7 Å².